The Morgan fingerprint density at radius 3 is 2.37 bits per heavy atom. The minimum absolute atomic E-state index is 0.00708. The van der Waals surface area contributed by atoms with Crippen LogP contribution in [0.4, 0.5) is 17.8 Å². The topological polar surface area (TPSA) is 142 Å². The zero-order valence-electron chi connectivity index (χ0n) is 14.4. The Labute approximate surface area is 153 Å². The molecule has 4 rings (SSSR count). The Kier molecular flexibility index (Phi) is 3.92. The SMILES string of the molecule is CC(Nc1nc(N)nc(N)n1)c1nc2cccn2c(=O)n1-c1ccccc1. The highest BCUT2D eigenvalue weighted by Crippen LogP contribution is 2.19. The first-order chi connectivity index (χ1) is 13.0. The molecule has 136 valence electrons. The third kappa shape index (κ3) is 3.03. The van der Waals surface area contributed by atoms with Crippen molar-refractivity contribution >= 4 is 23.5 Å². The molecule has 0 aliphatic carbocycles. The number of nitrogens with zero attached hydrogens (tertiary/aromatic N) is 6. The first-order valence-electron chi connectivity index (χ1n) is 8.22. The lowest BCUT2D eigenvalue weighted by atomic mass is 10.2. The summed E-state index contributed by atoms with van der Waals surface area (Å²) in [5.74, 6) is 0.715. The van der Waals surface area contributed by atoms with Crippen LogP contribution >= 0.6 is 0 Å². The number of para-hydroxylation sites is 1. The van der Waals surface area contributed by atoms with Crippen molar-refractivity contribution in [2.24, 2.45) is 0 Å². The molecule has 1 atom stereocenters. The molecule has 0 fully saturated rings. The van der Waals surface area contributed by atoms with Gasteiger partial charge in [-0.25, -0.2) is 14.3 Å². The van der Waals surface area contributed by atoms with Crippen LogP contribution in [0.2, 0.25) is 0 Å². The van der Waals surface area contributed by atoms with Crippen LogP contribution in [-0.2, 0) is 0 Å². The Morgan fingerprint density at radius 2 is 1.67 bits per heavy atom. The molecule has 0 saturated heterocycles. The second-order valence-electron chi connectivity index (χ2n) is 5.90. The summed E-state index contributed by atoms with van der Waals surface area (Å²) in [6.45, 7) is 1.84. The van der Waals surface area contributed by atoms with Gasteiger partial charge in [-0.1, -0.05) is 18.2 Å². The fourth-order valence-corrected chi connectivity index (χ4v) is 2.84. The van der Waals surface area contributed by atoms with Crippen LogP contribution in [0.1, 0.15) is 18.8 Å². The van der Waals surface area contributed by atoms with Gasteiger partial charge in [-0.2, -0.15) is 15.0 Å². The van der Waals surface area contributed by atoms with E-state index in [4.69, 9.17) is 11.5 Å². The molecule has 0 amide bonds. The maximum atomic E-state index is 13.1. The molecule has 1 unspecified atom stereocenters. The highest BCUT2D eigenvalue weighted by atomic mass is 16.1. The number of anilines is 3. The van der Waals surface area contributed by atoms with Crippen molar-refractivity contribution in [3.05, 3.63) is 65.0 Å². The molecular formula is C17H17N9O. The molecule has 0 bridgehead atoms. The lowest BCUT2D eigenvalue weighted by Crippen LogP contribution is -2.31. The minimum Gasteiger partial charge on any atom is -0.368 e. The van der Waals surface area contributed by atoms with Crippen LogP contribution in [-0.4, -0.2) is 28.9 Å². The number of fused-ring (bicyclic) bond motifs is 1. The maximum absolute atomic E-state index is 13.1. The van der Waals surface area contributed by atoms with Gasteiger partial charge in [0.15, 0.2) is 0 Å². The zero-order chi connectivity index (χ0) is 19.0. The average molecular weight is 363 g/mol. The van der Waals surface area contributed by atoms with Gasteiger partial charge >= 0.3 is 5.69 Å². The van der Waals surface area contributed by atoms with E-state index in [0.29, 0.717) is 17.2 Å². The zero-order valence-corrected chi connectivity index (χ0v) is 14.4. The predicted molar refractivity (Wildman–Crippen MR) is 101 cm³/mol. The van der Waals surface area contributed by atoms with Crippen molar-refractivity contribution in [3.63, 3.8) is 0 Å². The molecule has 0 radical (unpaired) electrons. The van der Waals surface area contributed by atoms with E-state index in [9.17, 15) is 4.79 Å². The van der Waals surface area contributed by atoms with E-state index in [2.05, 4.69) is 25.3 Å². The molecule has 0 aliphatic rings. The first kappa shape index (κ1) is 16.5. The van der Waals surface area contributed by atoms with E-state index < -0.39 is 6.04 Å². The number of nitrogen functional groups attached to an aromatic ring is 2. The van der Waals surface area contributed by atoms with E-state index in [0.717, 1.165) is 0 Å². The molecule has 0 aliphatic heterocycles. The van der Waals surface area contributed by atoms with Crippen molar-refractivity contribution < 1.29 is 0 Å². The summed E-state index contributed by atoms with van der Waals surface area (Å²) in [7, 11) is 0. The molecule has 0 spiro atoms. The molecule has 3 heterocycles. The molecular weight excluding hydrogens is 346 g/mol. The molecule has 3 aromatic heterocycles. The molecule has 0 saturated carbocycles. The molecule has 10 nitrogen and oxygen atoms in total. The van der Waals surface area contributed by atoms with Crippen LogP contribution in [0.3, 0.4) is 0 Å². The van der Waals surface area contributed by atoms with Crippen molar-refractivity contribution in [1.29, 1.82) is 0 Å². The molecule has 4 aromatic rings. The number of benzene rings is 1. The number of hydrogen-bond donors (Lipinski definition) is 3. The maximum Gasteiger partial charge on any atom is 0.339 e. The summed E-state index contributed by atoms with van der Waals surface area (Å²) in [4.78, 5) is 29.5. The predicted octanol–water partition coefficient (Wildman–Crippen LogP) is 1.01. The Bertz CT molecular complexity index is 1150. The standard InChI is InChI=1S/C17H17N9O/c1-10(20-16-23-14(18)22-15(19)24-16)13-21-12-8-5-9-25(12)17(27)26(13)11-6-3-2-4-7-11/h2-10H,1H3,(H5,18,19,20,22,23,24). The third-order valence-corrected chi connectivity index (χ3v) is 4.00. The molecule has 10 heteroatoms. The highest BCUT2D eigenvalue weighted by molar-refractivity contribution is 5.44. The monoisotopic (exact) mass is 363 g/mol. The van der Waals surface area contributed by atoms with Gasteiger partial charge in [0.25, 0.3) is 0 Å². The Balaban J connectivity index is 1.85. The number of aromatic nitrogens is 6. The fourth-order valence-electron chi connectivity index (χ4n) is 2.84. The second kappa shape index (κ2) is 6.41. The normalized spacial score (nSPS) is 12.2. The van der Waals surface area contributed by atoms with Gasteiger partial charge in [0.1, 0.15) is 11.5 Å². The van der Waals surface area contributed by atoms with Crippen molar-refractivity contribution in [3.8, 4) is 5.69 Å². The minimum atomic E-state index is -0.418. The van der Waals surface area contributed by atoms with Gasteiger partial charge in [-0.15, -0.1) is 0 Å². The van der Waals surface area contributed by atoms with Crippen molar-refractivity contribution in [2.75, 3.05) is 16.8 Å². The smallest absolute Gasteiger partial charge is 0.339 e. The Hall–Kier alpha value is -3.95. The largest absolute Gasteiger partial charge is 0.368 e. The van der Waals surface area contributed by atoms with Gasteiger partial charge in [0.05, 0.1) is 11.7 Å². The number of rotatable bonds is 4. The molecule has 27 heavy (non-hydrogen) atoms. The quantitative estimate of drug-likeness (QED) is 0.487. The summed E-state index contributed by atoms with van der Waals surface area (Å²) < 4.78 is 3.03. The summed E-state index contributed by atoms with van der Waals surface area (Å²) in [6, 6.07) is 12.4. The summed E-state index contributed by atoms with van der Waals surface area (Å²) in [6.07, 6.45) is 1.68. The van der Waals surface area contributed by atoms with Gasteiger partial charge < -0.3 is 16.8 Å². The van der Waals surface area contributed by atoms with Crippen LogP contribution in [0.25, 0.3) is 11.3 Å². The van der Waals surface area contributed by atoms with Crippen LogP contribution in [0, 0.1) is 0 Å². The van der Waals surface area contributed by atoms with Gasteiger partial charge in [-0.05, 0) is 31.2 Å². The fraction of sp³-hybridized carbons (Fsp3) is 0.118. The average Bonchev–Trinajstić information content (AvgIpc) is 3.10. The van der Waals surface area contributed by atoms with Gasteiger partial charge in [0.2, 0.25) is 17.8 Å². The first-order valence-corrected chi connectivity index (χ1v) is 8.22. The molecule has 1 aromatic carbocycles. The van der Waals surface area contributed by atoms with E-state index in [1.165, 1.54) is 4.40 Å². The van der Waals surface area contributed by atoms with Crippen molar-refractivity contribution in [1.82, 2.24) is 28.9 Å². The number of nitrogens with one attached hydrogen (secondary N) is 1. The van der Waals surface area contributed by atoms with Crippen LogP contribution in [0.5, 0.6) is 0 Å². The number of hydrogen-bond acceptors (Lipinski definition) is 8. The summed E-state index contributed by atoms with van der Waals surface area (Å²) in [5.41, 5.74) is 12.3. The highest BCUT2D eigenvalue weighted by Gasteiger charge is 2.19. The lowest BCUT2D eigenvalue weighted by Gasteiger charge is -2.19. The van der Waals surface area contributed by atoms with Crippen molar-refractivity contribution in [2.45, 2.75) is 13.0 Å². The lowest BCUT2D eigenvalue weighted by molar-refractivity contribution is 0.691. The summed E-state index contributed by atoms with van der Waals surface area (Å²) >= 11 is 0. The van der Waals surface area contributed by atoms with E-state index >= 15 is 0 Å². The van der Waals surface area contributed by atoms with Crippen LogP contribution < -0.4 is 22.5 Å². The van der Waals surface area contributed by atoms with E-state index in [1.807, 2.05) is 37.3 Å². The van der Waals surface area contributed by atoms with E-state index in [1.54, 1.807) is 22.9 Å². The van der Waals surface area contributed by atoms with E-state index in [-0.39, 0.29) is 23.5 Å². The molecule has 5 N–H and O–H groups in total. The third-order valence-electron chi connectivity index (χ3n) is 4.00. The number of nitrogens with two attached hydrogens (primary N) is 2. The van der Waals surface area contributed by atoms with Gasteiger partial charge in [-0.3, -0.25) is 4.40 Å². The second-order valence-corrected chi connectivity index (χ2v) is 5.90. The Morgan fingerprint density at radius 1 is 0.963 bits per heavy atom. The van der Waals surface area contributed by atoms with Crippen LogP contribution in [0.15, 0.2) is 53.5 Å². The summed E-state index contributed by atoms with van der Waals surface area (Å²) in [5, 5.41) is 3.08. The van der Waals surface area contributed by atoms with Gasteiger partial charge in [0, 0.05) is 6.20 Å².